The smallest absolute Gasteiger partial charge is 0.123 e. The Labute approximate surface area is 122 Å². The first kappa shape index (κ1) is 15.5. The van der Waals surface area contributed by atoms with Gasteiger partial charge in [0.25, 0.3) is 0 Å². The molecule has 20 heavy (non-hydrogen) atoms. The van der Waals surface area contributed by atoms with Crippen molar-refractivity contribution in [2.24, 2.45) is 11.7 Å². The third-order valence-electron chi connectivity index (χ3n) is 4.90. The third kappa shape index (κ3) is 2.89. The molecule has 1 saturated carbocycles. The minimum Gasteiger partial charge on any atom is -0.322 e. The van der Waals surface area contributed by atoms with Crippen molar-refractivity contribution in [3.63, 3.8) is 0 Å². The van der Waals surface area contributed by atoms with Crippen LogP contribution in [0.5, 0.6) is 0 Å². The zero-order valence-electron chi connectivity index (χ0n) is 13.1. The molecule has 0 amide bonds. The summed E-state index contributed by atoms with van der Waals surface area (Å²) in [4.78, 5) is 2.26. The molecule has 1 fully saturated rings. The SMILES string of the molecule is Cc1cc(F)cc(C(N)C2(N(C)C)CCCC(C)C2)c1. The summed E-state index contributed by atoms with van der Waals surface area (Å²) in [7, 11) is 4.20. The van der Waals surface area contributed by atoms with Gasteiger partial charge in [0, 0.05) is 11.6 Å². The zero-order chi connectivity index (χ0) is 14.9. The van der Waals surface area contributed by atoms with Gasteiger partial charge in [-0.05, 0) is 63.0 Å². The Balaban J connectivity index is 2.38. The van der Waals surface area contributed by atoms with Crippen molar-refractivity contribution >= 4 is 0 Å². The van der Waals surface area contributed by atoms with Gasteiger partial charge >= 0.3 is 0 Å². The molecule has 2 rings (SSSR count). The first-order chi connectivity index (χ1) is 9.35. The van der Waals surface area contributed by atoms with Crippen molar-refractivity contribution in [1.82, 2.24) is 4.90 Å². The minimum absolute atomic E-state index is 0.0576. The van der Waals surface area contributed by atoms with E-state index in [1.807, 2.05) is 13.0 Å². The standard InChI is InChI=1S/C17H27FN2/c1-12-6-5-7-17(11-12,20(3)4)16(19)14-8-13(2)9-15(18)10-14/h8-10,12,16H,5-7,11,19H2,1-4H3. The van der Waals surface area contributed by atoms with Crippen LogP contribution in [-0.4, -0.2) is 24.5 Å². The van der Waals surface area contributed by atoms with Crippen molar-refractivity contribution in [2.75, 3.05) is 14.1 Å². The zero-order valence-corrected chi connectivity index (χ0v) is 13.1. The molecule has 0 aromatic heterocycles. The normalized spacial score (nSPS) is 28.6. The van der Waals surface area contributed by atoms with Crippen LogP contribution in [0.3, 0.4) is 0 Å². The fraction of sp³-hybridized carbons (Fsp3) is 0.647. The molecule has 1 aliphatic rings. The van der Waals surface area contributed by atoms with E-state index in [9.17, 15) is 4.39 Å². The molecule has 0 aliphatic heterocycles. The maximum Gasteiger partial charge on any atom is 0.123 e. The molecule has 2 nitrogen and oxygen atoms in total. The lowest BCUT2D eigenvalue weighted by molar-refractivity contribution is 0.0498. The van der Waals surface area contributed by atoms with Gasteiger partial charge in [-0.25, -0.2) is 4.39 Å². The van der Waals surface area contributed by atoms with Crippen LogP contribution in [0.25, 0.3) is 0 Å². The predicted octanol–water partition coefficient (Wildman–Crippen LogP) is 3.64. The van der Waals surface area contributed by atoms with Crippen LogP contribution >= 0.6 is 0 Å². The Hall–Kier alpha value is -0.930. The number of hydrogen-bond donors (Lipinski definition) is 1. The lowest BCUT2D eigenvalue weighted by Gasteiger charge is -2.49. The summed E-state index contributed by atoms with van der Waals surface area (Å²) in [5.41, 5.74) is 8.40. The second-order valence-electron chi connectivity index (χ2n) is 6.74. The number of aryl methyl sites for hydroxylation is 1. The number of nitrogens with zero attached hydrogens (tertiary/aromatic N) is 1. The van der Waals surface area contributed by atoms with E-state index >= 15 is 0 Å². The molecule has 2 N–H and O–H groups in total. The van der Waals surface area contributed by atoms with Gasteiger partial charge in [-0.2, -0.15) is 0 Å². The molecule has 1 aromatic carbocycles. The average Bonchev–Trinajstić information content (AvgIpc) is 2.36. The minimum atomic E-state index is -0.187. The van der Waals surface area contributed by atoms with Gasteiger partial charge in [-0.3, -0.25) is 0 Å². The summed E-state index contributed by atoms with van der Waals surface area (Å²) in [6.45, 7) is 4.21. The van der Waals surface area contributed by atoms with E-state index in [4.69, 9.17) is 5.73 Å². The Morgan fingerprint density at radius 1 is 1.35 bits per heavy atom. The second kappa shape index (κ2) is 5.82. The summed E-state index contributed by atoms with van der Waals surface area (Å²) in [6.07, 6.45) is 4.63. The highest BCUT2D eigenvalue weighted by Gasteiger charge is 2.42. The van der Waals surface area contributed by atoms with Crippen LogP contribution in [0.4, 0.5) is 4.39 Å². The van der Waals surface area contributed by atoms with Crippen molar-refractivity contribution < 1.29 is 4.39 Å². The summed E-state index contributed by atoms with van der Waals surface area (Å²) < 4.78 is 13.7. The average molecular weight is 278 g/mol. The number of hydrogen-bond acceptors (Lipinski definition) is 2. The molecule has 0 heterocycles. The first-order valence-corrected chi connectivity index (χ1v) is 7.55. The number of halogens is 1. The van der Waals surface area contributed by atoms with E-state index < -0.39 is 0 Å². The van der Waals surface area contributed by atoms with Crippen molar-refractivity contribution in [2.45, 2.75) is 51.1 Å². The Kier molecular flexibility index (Phi) is 4.50. The highest BCUT2D eigenvalue weighted by atomic mass is 19.1. The molecule has 0 radical (unpaired) electrons. The first-order valence-electron chi connectivity index (χ1n) is 7.55. The molecule has 0 bridgehead atoms. The van der Waals surface area contributed by atoms with Gasteiger partial charge in [0.1, 0.15) is 5.82 Å². The van der Waals surface area contributed by atoms with E-state index in [0.29, 0.717) is 5.92 Å². The van der Waals surface area contributed by atoms with E-state index in [0.717, 1.165) is 24.0 Å². The lowest BCUT2D eigenvalue weighted by atomic mass is 9.70. The van der Waals surface area contributed by atoms with E-state index in [-0.39, 0.29) is 17.4 Å². The van der Waals surface area contributed by atoms with Gasteiger partial charge in [0.05, 0.1) is 0 Å². The van der Waals surface area contributed by atoms with Crippen molar-refractivity contribution in [1.29, 1.82) is 0 Å². The van der Waals surface area contributed by atoms with Gasteiger partial charge in [-0.1, -0.05) is 25.8 Å². The number of benzene rings is 1. The number of nitrogens with two attached hydrogens (primary N) is 1. The van der Waals surface area contributed by atoms with E-state index in [2.05, 4.69) is 25.9 Å². The highest BCUT2D eigenvalue weighted by Crippen LogP contribution is 2.43. The topological polar surface area (TPSA) is 29.3 Å². The maximum absolute atomic E-state index is 13.7. The Morgan fingerprint density at radius 3 is 2.60 bits per heavy atom. The Morgan fingerprint density at radius 2 is 2.05 bits per heavy atom. The predicted molar refractivity (Wildman–Crippen MR) is 82.1 cm³/mol. The van der Waals surface area contributed by atoms with Crippen LogP contribution in [0.2, 0.25) is 0 Å². The van der Waals surface area contributed by atoms with Crippen LogP contribution in [0, 0.1) is 18.7 Å². The van der Waals surface area contributed by atoms with Gasteiger partial charge in [0.15, 0.2) is 0 Å². The summed E-state index contributed by atoms with van der Waals surface area (Å²) in [5.74, 6) is 0.486. The fourth-order valence-corrected chi connectivity index (χ4v) is 3.79. The molecular formula is C17H27FN2. The summed E-state index contributed by atoms with van der Waals surface area (Å²) in [5, 5.41) is 0. The summed E-state index contributed by atoms with van der Waals surface area (Å²) in [6, 6.07) is 5.04. The second-order valence-corrected chi connectivity index (χ2v) is 6.74. The van der Waals surface area contributed by atoms with Gasteiger partial charge < -0.3 is 10.6 Å². The number of likely N-dealkylation sites (N-methyl/N-ethyl adjacent to an activating group) is 1. The molecule has 3 unspecified atom stereocenters. The van der Waals surface area contributed by atoms with Crippen LogP contribution in [0.15, 0.2) is 18.2 Å². The van der Waals surface area contributed by atoms with E-state index in [1.54, 1.807) is 12.1 Å². The van der Waals surface area contributed by atoms with Crippen molar-refractivity contribution in [3.8, 4) is 0 Å². The molecular weight excluding hydrogens is 251 g/mol. The lowest BCUT2D eigenvalue weighted by Crippen LogP contribution is -2.54. The molecule has 112 valence electrons. The molecule has 1 aliphatic carbocycles. The molecule has 3 atom stereocenters. The highest BCUT2D eigenvalue weighted by molar-refractivity contribution is 5.29. The summed E-state index contributed by atoms with van der Waals surface area (Å²) >= 11 is 0. The largest absolute Gasteiger partial charge is 0.322 e. The molecule has 3 heteroatoms. The molecule has 0 saturated heterocycles. The van der Waals surface area contributed by atoms with Crippen LogP contribution in [0.1, 0.15) is 49.8 Å². The fourth-order valence-electron chi connectivity index (χ4n) is 3.79. The monoisotopic (exact) mass is 278 g/mol. The van der Waals surface area contributed by atoms with Gasteiger partial charge in [0.2, 0.25) is 0 Å². The van der Waals surface area contributed by atoms with Crippen LogP contribution in [-0.2, 0) is 0 Å². The third-order valence-corrected chi connectivity index (χ3v) is 4.90. The number of rotatable bonds is 3. The van der Waals surface area contributed by atoms with E-state index in [1.165, 1.54) is 12.8 Å². The quantitative estimate of drug-likeness (QED) is 0.914. The molecule has 1 aromatic rings. The van der Waals surface area contributed by atoms with Crippen molar-refractivity contribution in [3.05, 3.63) is 35.1 Å². The Bertz CT molecular complexity index is 452. The maximum atomic E-state index is 13.7. The van der Waals surface area contributed by atoms with Crippen LogP contribution < -0.4 is 5.73 Å². The van der Waals surface area contributed by atoms with Gasteiger partial charge in [-0.15, -0.1) is 0 Å². The molecule has 0 spiro atoms.